The van der Waals surface area contributed by atoms with Gasteiger partial charge < -0.3 is 5.11 Å². The molecule has 3 aromatic carbocycles. The van der Waals surface area contributed by atoms with E-state index in [-0.39, 0.29) is 16.8 Å². The lowest BCUT2D eigenvalue weighted by molar-refractivity contribution is -0.137. The minimum Gasteiger partial charge on any atom is -0.503 e. The van der Waals surface area contributed by atoms with Crippen LogP contribution in [0.2, 0.25) is 0 Å². The lowest BCUT2D eigenvalue weighted by Crippen LogP contribution is -2.31. The summed E-state index contributed by atoms with van der Waals surface area (Å²) < 4.78 is 53.4. The zero-order chi connectivity index (χ0) is 24.5. The molecular formula is C26H17F4NO3. The van der Waals surface area contributed by atoms with Gasteiger partial charge in [-0.2, -0.15) is 13.2 Å². The number of halogens is 4. The maximum atomic E-state index is 13.6. The molecule has 0 fully saturated rings. The molecule has 0 spiro atoms. The molecule has 0 aromatic heterocycles. The van der Waals surface area contributed by atoms with E-state index in [9.17, 15) is 32.3 Å². The summed E-state index contributed by atoms with van der Waals surface area (Å²) in [4.78, 5) is 27.0. The lowest BCUT2D eigenvalue weighted by Gasteiger charge is -2.27. The van der Waals surface area contributed by atoms with Crippen LogP contribution in [-0.4, -0.2) is 16.8 Å². The molecule has 1 aliphatic rings. The van der Waals surface area contributed by atoms with E-state index in [0.29, 0.717) is 5.56 Å². The second-order valence-corrected chi connectivity index (χ2v) is 7.55. The minimum absolute atomic E-state index is 0.171. The average Bonchev–Trinajstić information content (AvgIpc) is 3.09. The van der Waals surface area contributed by atoms with Gasteiger partial charge >= 0.3 is 6.18 Å². The summed E-state index contributed by atoms with van der Waals surface area (Å²) in [6, 6.07) is 16.3. The summed E-state index contributed by atoms with van der Waals surface area (Å²) in [6.07, 6.45) is -2.02. The zero-order valence-electron chi connectivity index (χ0n) is 17.5. The smallest absolute Gasteiger partial charge is 0.416 e. The summed E-state index contributed by atoms with van der Waals surface area (Å²) >= 11 is 0. The van der Waals surface area contributed by atoms with Gasteiger partial charge in [0.15, 0.2) is 11.5 Å². The third-order valence-electron chi connectivity index (χ3n) is 5.34. The Labute approximate surface area is 192 Å². The molecule has 0 saturated carbocycles. The Kier molecular flexibility index (Phi) is 6.06. The number of ketones is 1. The van der Waals surface area contributed by atoms with E-state index >= 15 is 0 Å². The van der Waals surface area contributed by atoms with Crippen molar-refractivity contribution in [2.45, 2.75) is 12.2 Å². The molecule has 8 heteroatoms. The van der Waals surface area contributed by atoms with Crippen molar-refractivity contribution in [3.05, 3.63) is 119 Å². The highest BCUT2D eigenvalue weighted by Gasteiger charge is 2.44. The van der Waals surface area contributed by atoms with E-state index in [0.717, 1.165) is 35.2 Å². The molecule has 0 saturated heterocycles. The number of rotatable bonds is 5. The van der Waals surface area contributed by atoms with Crippen molar-refractivity contribution in [3.63, 3.8) is 0 Å². The standard InChI is InChI=1S/C26H17F4NO3/c27-19-12-10-17(11-13-19)23-22(21(32)14-9-16-5-2-1-3-6-16)24(33)25(34)31(23)20-8-4-7-18(15-20)26(28,29)30/h1-15,23,33H/b14-9+/t23-/m0/s1. The summed E-state index contributed by atoms with van der Waals surface area (Å²) in [6.45, 7) is 0. The summed E-state index contributed by atoms with van der Waals surface area (Å²) in [5, 5.41) is 10.6. The van der Waals surface area contributed by atoms with Crippen molar-refractivity contribution in [1.82, 2.24) is 0 Å². The quantitative estimate of drug-likeness (QED) is 0.368. The van der Waals surface area contributed by atoms with Gasteiger partial charge in [-0.1, -0.05) is 54.6 Å². The molecule has 0 bridgehead atoms. The Morgan fingerprint density at radius 3 is 2.26 bits per heavy atom. The molecular weight excluding hydrogens is 450 g/mol. The number of allylic oxidation sites excluding steroid dienone is 1. The predicted molar refractivity (Wildman–Crippen MR) is 118 cm³/mol. The van der Waals surface area contributed by atoms with Crippen LogP contribution in [-0.2, 0) is 15.8 Å². The van der Waals surface area contributed by atoms with Crippen molar-refractivity contribution >= 4 is 23.5 Å². The van der Waals surface area contributed by atoms with Gasteiger partial charge in [0, 0.05) is 5.69 Å². The van der Waals surface area contributed by atoms with E-state index in [1.54, 1.807) is 30.3 Å². The van der Waals surface area contributed by atoms with Crippen molar-refractivity contribution in [2.75, 3.05) is 4.90 Å². The minimum atomic E-state index is -4.67. The summed E-state index contributed by atoms with van der Waals surface area (Å²) in [7, 11) is 0. The van der Waals surface area contributed by atoms with Crippen molar-refractivity contribution < 1.29 is 32.3 Å². The van der Waals surface area contributed by atoms with Gasteiger partial charge in [0.25, 0.3) is 5.91 Å². The van der Waals surface area contributed by atoms with Crippen LogP contribution in [0.4, 0.5) is 23.2 Å². The van der Waals surface area contributed by atoms with Crippen molar-refractivity contribution in [2.24, 2.45) is 0 Å². The Morgan fingerprint density at radius 2 is 1.62 bits per heavy atom. The van der Waals surface area contributed by atoms with E-state index in [4.69, 9.17) is 0 Å². The Bertz CT molecular complexity index is 1300. The highest BCUT2D eigenvalue weighted by Crippen LogP contribution is 2.42. The molecule has 0 radical (unpaired) electrons. The Balaban J connectivity index is 1.81. The molecule has 0 aliphatic carbocycles. The monoisotopic (exact) mass is 467 g/mol. The van der Waals surface area contributed by atoms with Gasteiger partial charge in [-0.3, -0.25) is 14.5 Å². The number of carbonyl (C=O) groups excluding carboxylic acids is 2. The Hall–Kier alpha value is -4.20. The molecule has 0 unspecified atom stereocenters. The number of aliphatic hydroxyl groups excluding tert-OH is 1. The summed E-state index contributed by atoms with van der Waals surface area (Å²) in [5.74, 6) is -3.21. The van der Waals surface area contributed by atoms with Gasteiger partial charge in [0.1, 0.15) is 5.82 Å². The number of amides is 1. The number of hydrogen-bond donors (Lipinski definition) is 1. The first kappa shape index (κ1) is 23.0. The van der Waals surface area contributed by atoms with Crippen molar-refractivity contribution in [1.29, 1.82) is 0 Å². The van der Waals surface area contributed by atoms with E-state index in [1.807, 2.05) is 0 Å². The number of benzene rings is 3. The van der Waals surface area contributed by atoms with Gasteiger partial charge in [-0.15, -0.1) is 0 Å². The first-order valence-electron chi connectivity index (χ1n) is 10.1. The van der Waals surface area contributed by atoms with E-state index in [1.165, 1.54) is 30.4 Å². The summed E-state index contributed by atoms with van der Waals surface area (Å²) in [5.41, 5.74) is -0.559. The molecule has 34 heavy (non-hydrogen) atoms. The van der Waals surface area contributed by atoms with Crippen LogP contribution >= 0.6 is 0 Å². The van der Waals surface area contributed by atoms with Crippen LogP contribution in [0.15, 0.2) is 96.3 Å². The maximum Gasteiger partial charge on any atom is 0.416 e. The van der Waals surface area contributed by atoms with Gasteiger partial charge in [-0.05, 0) is 47.5 Å². The highest BCUT2D eigenvalue weighted by molar-refractivity contribution is 6.19. The lowest BCUT2D eigenvalue weighted by atomic mass is 9.95. The number of aliphatic hydroxyl groups is 1. The largest absolute Gasteiger partial charge is 0.503 e. The molecule has 1 heterocycles. The van der Waals surface area contributed by atoms with Gasteiger partial charge in [-0.25, -0.2) is 4.39 Å². The fraction of sp³-hybridized carbons (Fsp3) is 0.0769. The third-order valence-corrected chi connectivity index (χ3v) is 5.34. The zero-order valence-corrected chi connectivity index (χ0v) is 17.5. The topological polar surface area (TPSA) is 57.6 Å². The SMILES string of the molecule is O=C(/C=C/c1ccccc1)C1=C(O)C(=O)N(c2cccc(C(F)(F)F)c2)[C@H]1c1ccc(F)cc1. The maximum absolute atomic E-state index is 13.6. The Morgan fingerprint density at radius 1 is 0.941 bits per heavy atom. The average molecular weight is 467 g/mol. The van der Waals surface area contributed by atoms with Crippen LogP contribution in [0, 0.1) is 5.82 Å². The molecule has 1 aliphatic heterocycles. The van der Waals surface area contributed by atoms with Gasteiger partial charge in [0.2, 0.25) is 0 Å². The molecule has 4 rings (SSSR count). The number of hydrogen-bond acceptors (Lipinski definition) is 3. The fourth-order valence-corrected chi connectivity index (χ4v) is 3.74. The molecule has 1 N–H and O–H groups in total. The molecule has 3 aromatic rings. The molecule has 172 valence electrons. The molecule has 1 amide bonds. The predicted octanol–water partition coefficient (Wildman–Crippen LogP) is 6.03. The van der Waals surface area contributed by atoms with Crippen LogP contribution in [0.3, 0.4) is 0 Å². The van der Waals surface area contributed by atoms with Crippen LogP contribution in [0.25, 0.3) is 6.08 Å². The highest BCUT2D eigenvalue weighted by atomic mass is 19.4. The fourth-order valence-electron chi connectivity index (χ4n) is 3.74. The van der Waals surface area contributed by atoms with E-state index < -0.39 is 41.0 Å². The third kappa shape index (κ3) is 4.47. The molecule has 4 nitrogen and oxygen atoms in total. The van der Waals surface area contributed by atoms with Crippen LogP contribution in [0.5, 0.6) is 0 Å². The second kappa shape index (κ2) is 8.97. The number of nitrogens with zero attached hydrogens (tertiary/aromatic N) is 1. The van der Waals surface area contributed by atoms with E-state index in [2.05, 4.69) is 0 Å². The normalized spacial score (nSPS) is 16.5. The molecule has 1 atom stereocenters. The first-order chi connectivity index (χ1) is 16.2. The van der Waals surface area contributed by atoms with Gasteiger partial charge in [0.05, 0.1) is 17.2 Å². The van der Waals surface area contributed by atoms with Crippen LogP contribution < -0.4 is 4.90 Å². The van der Waals surface area contributed by atoms with Crippen molar-refractivity contribution in [3.8, 4) is 0 Å². The van der Waals surface area contributed by atoms with Crippen LogP contribution in [0.1, 0.15) is 22.7 Å². The number of alkyl halides is 3. The first-order valence-corrected chi connectivity index (χ1v) is 10.1. The second-order valence-electron chi connectivity index (χ2n) is 7.55. The number of carbonyl (C=O) groups is 2. The number of anilines is 1.